The molecule has 1 aromatic carbocycles. The Labute approximate surface area is 110 Å². The lowest BCUT2D eigenvalue weighted by Gasteiger charge is -2.14. The van der Waals surface area contributed by atoms with Crippen molar-refractivity contribution in [2.75, 3.05) is 11.1 Å². The van der Waals surface area contributed by atoms with Crippen molar-refractivity contribution in [2.45, 2.75) is 13.0 Å². The Balaban J connectivity index is 2.08. The minimum atomic E-state index is -0.592. The van der Waals surface area contributed by atoms with Crippen molar-refractivity contribution >= 4 is 17.4 Å². The fourth-order valence-corrected chi connectivity index (χ4v) is 1.63. The van der Waals surface area contributed by atoms with E-state index in [-0.39, 0.29) is 11.7 Å². The van der Waals surface area contributed by atoms with Crippen LogP contribution in [0, 0.1) is 0 Å². The molecule has 1 unspecified atom stereocenters. The van der Waals surface area contributed by atoms with Crippen molar-refractivity contribution in [2.24, 2.45) is 5.73 Å². The van der Waals surface area contributed by atoms with Crippen molar-refractivity contribution in [3.8, 4) is 0 Å². The number of hydrogen-bond donors (Lipinski definition) is 3. The van der Waals surface area contributed by atoms with E-state index >= 15 is 0 Å². The number of carbonyl (C=O) groups excluding carboxylic acids is 1. The lowest BCUT2D eigenvalue weighted by molar-refractivity contribution is 0.0994. The third-order valence-corrected chi connectivity index (χ3v) is 2.72. The summed E-state index contributed by atoms with van der Waals surface area (Å²) in [5.41, 5.74) is 12.7. The zero-order valence-corrected chi connectivity index (χ0v) is 10.5. The summed E-state index contributed by atoms with van der Waals surface area (Å²) in [5.74, 6) is -0.0139. The van der Waals surface area contributed by atoms with Crippen LogP contribution >= 0.6 is 0 Å². The third-order valence-electron chi connectivity index (χ3n) is 2.72. The number of carbonyl (C=O) groups is 1. The first-order valence-electron chi connectivity index (χ1n) is 5.82. The molecule has 0 saturated carbocycles. The van der Waals surface area contributed by atoms with E-state index in [0.29, 0.717) is 5.82 Å². The summed E-state index contributed by atoms with van der Waals surface area (Å²) in [6, 6.07) is 10.8. The molecule has 1 atom stereocenters. The number of amides is 1. The Bertz CT molecular complexity index is 565. The second-order valence-electron chi connectivity index (χ2n) is 4.20. The van der Waals surface area contributed by atoms with Gasteiger partial charge in [-0.25, -0.2) is 0 Å². The highest BCUT2D eigenvalue weighted by Crippen LogP contribution is 2.18. The first-order chi connectivity index (χ1) is 9.06. The van der Waals surface area contributed by atoms with Gasteiger partial charge in [-0.1, -0.05) is 12.1 Å². The highest BCUT2D eigenvalue weighted by atomic mass is 16.1. The molecule has 1 heterocycles. The van der Waals surface area contributed by atoms with Gasteiger partial charge in [-0.2, -0.15) is 0 Å². The lowest BCUT2D eigenvalue weighted by atomic mass is 10.1. The monoisotopic (exact) mass is 257 g/mol. The van der Waals surface area contributed by atoms with Crippen molar-refractivity contribution in [1.82, 2.24) is 10.2 Å². The molecule has 2 rings (SSSR count). The van der Waals surface area contributed by atoms with Gasteiger partial charge in [-0.05, 0) is 36.8 Å². The second-order valence-corrected chi connectivity index (χ2v) is 4.20. The standard InChI is InChI=1S/C13H15N5O/c1-8(9-2-4-10(14)5-3-9)16-12-7-6-11(13(15)19)17-18-12/h2-8H,14H2,1H3,(H2,15,19)(H,16,18). The Morgan fingerprint density at radius 2 is 1.84 bits per heavy atom. The topological polar surface area (TPSA) is 107 Å². The molecule has 0 fully saturated rings. The van der Waals surface area contributed by atoms with Gasteiger partial charge in [0, 0.05) is 5.69 Å². The van der Waals surface area contributed by atoms with Crippen LogP contribution in [0.4, 0.5) is 11.5 Å². The fourth-order valence-electron chi connectivity index (χ4n) is 1.63. The van der Waals surface area contributed by atoms with Crippen LogP contribution in [0.25, 0.3) is 0 Å². The van der Waals surface area contributed by atoms with Gasteiger partial charge in [-0.3, -0.25) is 4.79 Å². The van der Waals surface area contributed by atoms with E-state index in [1.54, 1.807) is 6.07 Å². The maximum absolute atomic E-state index is 10.9. The van der Waals surface area contributed by atoms with E-state index in [4.69, 9.17) is 11.5 Å². The number of nitrogens with one attached hydrogen (secondary N) is 1. The minimum Gasteiger partial charge on any atom is -0.399 e. The summed E-state index contributed by atoms with van der Waals surface area (Å²) >= 11 is 0. The molecule has 1 aromatic heterocycles. The minimum absolute atomic E-state index is 0.0503. The molecule has 0 aliphatic heterocycles. The van der Waals surface area contributed by atoms with Crippen LogP contribution in [0.5, 0.6) is 0 Å². The highest BCUT2D eigenvalue weighted by molar-refractivity contribution is 5.90. The Morgan fingerprint density at radius 1 is 1.16 bits per heavy atom. The summed E-state index contributed by atoms with van der Waals surface area (Å²) in [5, 5.41) is 10.8. The molecule has 0 aliphatic rings. The average molecular weight is 257 g/mol. The number of nitrogen functional groups attached to an aromatic ring is 1. The van der Waals surface area contributed by atoms with Crippen LogP contribution < -0.4 is 16.8 Å². The smallest absolute Gasteiger partial charge is 0.269 e. The van der Waals surface area contributed by atoms with Gasteiger partial charge >= 0.3 is 0 Å². The number of aromatic nitrogens is 2. The number of nitrogens with two attached hydrogens (primary N) is 2. The van der Waals surface area contributed by atoms with Crippen molar-refractivity contribution in [3.63, 3.8) is 0 Å². The number of hydrogen-bond acceptors (Lipinski definition) is 5. The number of rotatable bonds is 4. The number of anilines is 2. The SMILES string of the molecule is CC(Nc1ccc(C(N)=O)nn1)c1ccc(N)cc1. The normalized spacial score (nSPS) is 11.8. The Morgan fingerprint density at radius 3 is 2.37 bits per heavy atom. The summed E-state index contributed by atoms with van der Waals surface area (Å²) in [4.78, 5) is 10.9. The molecular weight excluding hydrogens is 242 g/mol. The van der Waals surface area contributed by atoms with E-state index in [1.807, 2.05) is 31.2 Å². The van der Waals surface area contributed by atoms with E-state index in [9.17, 15) is 4.79 Å². The molecular formula is C13H15N5O. The first kappa shape index (κ1) is 12.8. The van der Waals surface area contributed by atoms with Gasteiger partial charge in [0.25, 0.3) is 5.91 Å². The Hall–Kier alpha value is -2.63. The van der Waals surface area contributed by atoms with Crippen LogP contribution in [-0.2, 0) is 0 Å². The molecule has 0 aliphatic carbocycles. The lowest BCUT2D eigenvalue weighted by Crippen LogP contribution is -2.15. The van der Waals surface area contributed by atoms with Crippen LogP contribution in [0.2, 0.25) is 0 Å². The van der Waals surface area contributed by atoms with Gasteiger partial charge in [0.05, 0.1) is 6.04 Å². The molecule has 0 saturated heterocycles. The molecule has 0 bridgehead atoms. The van der Waals surface area contributed by atoms with E-state index in [1.165, 1.54) is 6.07 Å². The predicted octanol–water partition coefficient (Wildman–Crippen LogP) is 1.33. The van der Waals surface area contributed by atoms with E-state index in [0.717, 1.165) is 11.3 Å². The molecule has 6 heteroatoms. The largest absolute Gasteiger partial charge is 0.399 e. The quantitative estimate of drug-likeness (QED) is 0.716. The summed E-state index contributed by atoms with van der Waals surface area (Å²) in [7, 11) is 0. The van der Waals surface area contributed by atoms with Gasteiger partial charge in [0.2, 0.25) is 0 Å². The van der Waals surface area contributed by atoms with Gasteiger partial charge < -0.3 is 16.8 Å². The maximum atomic E-state index is 10.9. The Kier molecular flexibility index (Phi) is 3.61. The summed E-state index contributed by atoms with van der Waals surface area (Å²) in [6.07, 6.45) is 0. The van der Waals surface area contributed by atoms with Crippen LogP contribution in [0.3, 0.4) is 0 Å². The number of nitrogens with zero attached hydrogens (tertiary/aromatic N) is 2. The average Bonchev–Trinajstić information content (AvgIpc) is 2.40. The number of benzene rings is 1. The number of primary amides is 1. The van der Waals surface area contributed by atoms with Crippen LogP contribution in [0.1, 0.15) is 29.0 Å². The molecule has 0 radical (unpaired) electrons. The van der Waals surface area contributed by atoms with E-state index in [2.05, 4.69) is 15.5 Å². The van der Waals surface area contributed by atoms with Gasteiger partial charge in [-0.15, -0.1) is 10.2 Å². The van der Waals surface area contributed by atoms with Crippen LogP contribution in [-0.4, -0.2) is 16.1 Å². The first-order valence-corrected chi connectivity index (χ1v) is 5.82. The van der Waals surface area contributed by atoms with Gasteiger partial charge in [0.1, 0.15) is 5.82 Å². The maximum Gasteiger partial charge on any atom is 0.269 e. The third kappa shape index (κ3) is 3.19. The fraction of sp³-hybridized carbons (Fsp3) is 0.154. The predicted molar refractivity (Wildman–Crippen MR) is 73.4 cm³/mol. The molecule has 98 valence electrons. The van der Waals surface area contributed by atoms with Crippen LogP contribution in [0.15, 0.2) is 36.4 Å². The highest BCUT2D eigenvalue weighted by Gasteiger charge is 2.07. The molecule has 0 spiro atoms. The molecule has 6 nitrogen and oxygen atoms in total. The van der Waals surface area contributed by atoms with E-state index < -0.39 is 5.91 Å². The molecule has 19 heavy (non-hydrogen) atoms. The molecule has 2 aromatic rings. The van der Waals surface area contributed by atoms with Crippen molar-refractivity contribution in [3.05, 3.63) is 47.7 Å². The molecule has 1 amide bonds. The molecule has 5 N–H and O–H groups in total. The second kappa shape index (κ2) is 5.34. The van der Waals surface area contributed by atoms with Gasteiger partial charge in [0.15, 0.2) is 5.69 Å². The summed E-state index contributed by atoms with van der Waals surface area (Å²) in [6.45, 7) is 2.00. The van der Waals surface area contributed by atoms with Crippen molar-refractivity contribution < 1.29 is 4.79 Å². The zero-order chi connectivity index (χ0) is 13.8. The zero-order valence-electron chi connectivity index (χ0n) is 10.5. The summed E-state index contributed by atoms with van der Waals surface area (Å²) < 4.78 is 0. The van der Waals surface area contributed by atoms with Crippen molar-refractivity contribution in [1.29, 1.82) is 0 Å².